The van der Waals surface area contributed by atoms with Gasteiger partial charge in [0, 0.05) is 6.20 Å². The number of halogens is 3. The van der Waals surface area contributed by atoms with Crippen molar-refractivity contribution in [1.82, 2.24) is 14.5 Å². The fourth-order valence-electron chi connectivity index (χ4n) is 2.66. The number of nitrogens with zero attached hydrogens (tertiary/aromatic N) is 3. The zero-order valence-corrected chi connectivity index (χ0v) is 12.8. The molecule has 0 bridgehead atoms. The molecule has 0 unspecified atom stereocenters. The first-order valence-electron chi connectivity index (χ1n) is 7.35. The summed E-state index contributed by atoms with van der Waals surface area (Å²) in [5, 5.41) is 0. The number of alkyl halides is 3. The predicted octanol–water partition coefficient (Wildman–Crippen LogP) is 4.65. The number of aromatic nitrogens is 3. The van der Waals surface area contributed by atoms with Gasteiger partial charge in [0.1, 0.15) is 18.1 Å². The van der Waals surface area contributed by atoms with Crippen LogP contribution in [0, 0.1) is 0 Å². The molecule has 2 heterocycles. The zero-order chi connectivity index (χ0) is 16.6. The van der Waals surface area contributed by atoms with Gasteiger partial charge >= 0.3 is 6.18 Å². The first-order valence-corrected chi connectivity index (χ1v) is 7.35. The highest BCUT2D eigenvalue weighted by Crippen LogP contribution is 2.29. The molecular weight excluding hydrogens is 303 g/mol. The Balaban J connectivity index is 2.29. The highest BCUT2D eigenvalue weighted by Gasteiger charge is 2.32. The highest BCUT2D eigenvalue weighted by atomic mass is 19.4. The van der Waals surface area contributed by atoms with E-state index in [1.54, 1.807) is 36.5 Å². The Hall–Kier alpha value is -2.37. The van der Waals surface area contributed by atoms with Crippen LogP contribution in [0.1, 0.15) is 31.2 Å². The fraction of sp³-hybridized carbons (Fsp3) is 0.294. The van der Waals surface area contributed by atoms with E-state index in [4.69, 9.17) is 0 Å². The lowest BCUT2D eigenvalue weighted by Crippen LogP contribution is -2.17. The molecular formula is C17H16F3N3. The van der Waals surface area contributed by atoms with Gasteiger partial charge in [-0.15, -0.1) is 0 Å². The number of para-hydroxylation sites is 2. The maximum absolute atomic E-state index is 13.0. The third kappa shape index (κ3) is 3.06. The minimum absolute atomic E-state index is 0.0423. The quantitative estimate of drug-likeness (QED) is 0.703. The van der Waals surface area contributed by atoms with Crippen LogP contribution in [0.2, 0.25) is 0 Å². The number of fused-ring (bicyclic) bond motifs is 1. The van der Waals surface area contributed by atoms with Crippen LogP contribution >= 0.6 is 0 Å². The minimum atomic E-state index is -4.33. The molecule has 3 rings (SSSR count). The molecule has 0 fully saturated rings. The number of pyridine rings is 1. The van der Waals surface area contributed by atoms with E-state index in [9.17, 15) is 13.2 Å². The van der Waals surface area contributed by atoms with Crippen LogP contribution in [0.5, 0.6) is 0 Å². The molecule has 0 atom stereocenters. The van der Waals surface area contributed by atoms with Crippen molar-refractivity contribution in [2.45, 2.75) is 32.4 Å². The Morgan fingerprint density at radius 1 is 1.09 bits per heavy atom. The number of rotatable bonds is 3. The van der Waals surface area contributed by atoms with Crippen LogP contribution in [0.4, 0.5) is 13.2 Å². The molecule has 120 valence electrons. The maximum Gasteiger partial charge on any atom is 0.396 e. The Bertz CT molecular complexity index is 834. The van der Waals surface area contributed by atoms with Gasteiger partial charge in [-0.2, -0.15) is 13.2 Å². The molecule has 3 aromatic rings. The van der Waals surface area contributed by atoms with E-state index in [1.807, 2.05) is 19.9 Å². The van der Waals surface area contributed by atoms with E-state index in [-0.39, 0.29) is 11.7 Å². The second-order valence-corrected chi connectivity index (χ2v) is 5.72. The molecule has 0 aliphatic carbocycles. The van der Waals surface area contributed by atoms with Crippen molar-refractivity contribution in [3.05, 3.63) is 54.0 Å². The molecule has 0 spiro atoms. The van der Waals surface area contributed by atoms with Gasteiger partial charge in [-0.1, -0.05) is 32.0 Å². The Kier molecular flexibility index (Phi) is 3.83. The zero-order valence-electron chi connectivity index (χ0n) is 12.8. The van der Waals surface area contributed by atoms with E-state index in [1.165, 1.54) is 4.57 Å². The molecule has 0 amide bonds. The van der Waals surface area contributed by atoms with Crippen molar-refractivity contribution in [3.8, 4) is 5.82 Å². The second kappa shape index (κ2) is 5.68. The molecule has 0 radical (unpaired) electrons. The second-order valence-electron chi connectivity index (χ2n) is 5.72. The lowest BCUT2D eigenvalue weighted by molar-refractivity contribution is -0.128. The number of hydrogen-bond acceptors (Lipinski definition) is 2. The molecule has 2 aromatic heterocycles. The van der Waals surface area contributed by atoms with Gasteiger partial charge < -0.3 is 0 Å². The number of imidazole rings is 1. The van der Waals surface area contributed by atoms with Crippen molar-refractivity contribution < 1.29 is 13.2 Å². The lowest BCUT2D eigenvalue weighted by Gasteiger charge is -2.15. The summed E-state index contributed by atoms with van der Waals surface area (Å²) in [6.45, 7) is 3.98. The average molecular weight is 319 g/mol. The van der Waals surface area contributed by atoms with E-state index in [0.29, 0.717) is 16.9 Å². The van der Waals surface area contributed by atoms with Gasteiger partial charge in [0.2, 0.25) is 0 Å². The standard InChI is InChI=1S/C17H16F3N3/c1-11(2)12-6-5-9-21-16(12)23-14-8-4-3-7-13(14)22-15(23)10-17(18,19)20/h3-9,11H,10H2,1-2H3. The molecule has 0 saturated heterocycles. The summed E-state index contributed by atoms with van der Waals surface area (Å²) in [7, 11) is 0. The van der Waals surface area contributed by atoms with Gasteiger partial charge in [-0.3, -0.25) is 4.57 Å². The van der Waals surface area contributed by atoms with Crippen LogP contribution in [0.25, 0.3) is 16.9 Å². The Labute approximate surface area is 131 Å². The van der Waals surface area contributed by atoms with Gasteiger partial charge in [0.25, 0.3) is 0 Å². The van der Waals surface area contributed by atoms with Gasteiger partial charge in [-0.05, 0) is 29.7 Å². The van der Waals surface area contributed by atoms with E-state index >= 15 is 0 Å². The molecule has 23 heavy (non-hydrogen) atoms. The smallest absolute Gasteiger partial charge is 0.280 e. The predicted molar refractivity (Wildman–Crippen MR) is 82.7 cm³/mol. The summed E-state index contributed by atoms with van der Waals surface area (Å²) in [5.41, 5.74) is 2.05. The number of benzene rings is 1. The van der Waals surface area contributed by atoms with E-state index in [0.717, 1.165) is 5.56 Å². The topological polar surface area (TPSA) is 30.7 Å². The molecule has 0 aliphatic rings. The largest absolute Gasteiger partial charge is 0.396 e. The highest BCUT2D eigenvalue weighted by molar-refractivity contribution is 5.78. The molecule has 0 aliphatic heterocycles. The average Bonchev–Trinajstić information content (AvgIpc) is 2.82. The third-order valence-electron chi connectivity index (χ3n) is 3.64. The van der Waals surface area contributed by atoms with Crippen LogP contribution in [-0.2, 0) is 6.42 Å². The SMILES string of the molecule is CC(C)c1cccnc1-n1c(CC(F)(F)F)nc2ccccc21. The first-order chi connectivity index (χ1) is 10.9. The van der Waals surface area contributed by atoms with Gasteiger partial charge in [-0.25, -0.2) is 9.97 Å². The summed E-state index contributed by atoms with van der Waals surface area (Å²) >= 11 is 0. The van der Waals surface area contributed by atoms with Crippen LogP contribution < -0.4 is 0 Å². The summed E-state index contributed by atoms with van der Waals surface area (Å²) < 4.78 is 40.4. The lowest BCUT2D eigenvalue weighted by atomic mass is 10.0. The first kappa shape index (κ1) is 15.5. The monoisotopic (exact) mass is 319 g/mol. The van der Waals surface area contributed by atoms with Crippen molar-refractivity contribution in [2.24, 2.45) is 0 Å². The summed E-state index contributed by atoms with van der Waals surface area (Å²) in [6, 6.07) is 10.7. The van der Waals surface area contributed by atoms with Crippen LogP contribution in [-0.4, -0.2) is 20.7 Å². The van der Waals surface area contributed by atoms with Crippen molar-refractivity contribution >= 4 is 11.0 Å². The Morgan fingerprint density at radius 2 is 1.83 bits per heavy atom. The minimum Gasteiger partial charge on any atom is -0.280 e. The third-order valence-corrected chi connectivity index (χ3v) is 3.64. The normalized spacial score (nSPS) is 12.3. The van der Waals surface area contributed by atoms with Crippen LogP contribution in [0.15, 0.2) is 42.6 Å². The van der Waals surface area contributed by atoms with Crippen LogP contribution in [0.3, 0.4) is 0 Å². The maximum atomic E-state index is 13.0. The molecule has 0 saturated carbocycles. The van der Waals surface area contributed by atoms with Crippen molar-refractivity contribution in [3.63, 3.8) is 0 Å². The molecule has 6 heteroatoms. The van der Waals surface area contributed by atoms with Crippen molar-refractivity contribution in [1.29, 1.82) is 0 Å². The summed E-state index contributed by atoms with van der Waals surface area (Å²) in [5.74, 6) is 0.605. The molecule has 3 nitrogen and oxygen atoms in total. The van der Waals surface area contributed by atoms with Gasteiger partial charge in [0.15, 0.2) is 0 Å². The number of hydrogen-bond donors (Lipinski definition) is 0. The molecule has 0 N–H and O–H groups in total. The van der Waals surface area contributed by atoms with E-state index < -0.39 is 12.6 Å². The summed E-state index contributed by atoms with van der Waals surface area (Å²) in [4.78, 5) is 8.52. The van der Waals surface area contributed by atoms with Gasteiger partial charge in [0.05, 0.1) is 11.0 Å². The Morgan fingerprint density at radius 3 is 2.52 bits per heavy atom. The fourth-order valence-corrected chi connectivity index (χ4v) is 2.66. The summed E-state index contributed by atoms with van der Waals surface area (Å²) in [6.07, 6.45) is -3.82. The molecule has 1 aromatic carbocycles. The van der Waals surface area contributed by atoms with Crippen molar-refractivity contribution in [2.75, 3.05) is 0 Å². The van der Waals surface area contributed by atoms with E-state index in [2.05, 4.69) is 9.97 Å².